The van der Waals surface area contributed by atoms with E-state index in [-0.39, 0.29) is 43.7 Å². The fourth-order valence-corrected chi connectivity index (χ4v) is 3.70. The Bertz CT molecular complexity index is 957. The zero-order chi connectivity index (χ0) is 21.5. The standard InChI is InChI=1S/C21H23F3N4O2/c1-13-6-11-28(26-13)18-12-16(25-19(29)14-2-3-14)4-5-17(18)20(30)27-9-7-15(8-10-27)21(22,23)24/h4-6,11-12,14-15H,2-3,7-10H2,1H3,(H,25,29). The Hall–Kier alpha value is -2.84. The molecule has 30 heavy (non-hydrogen) atoms. The van der Waals surface area contributed by atoms with Crippen LogP contribution in [0.4, 0.5) is 18.9 Å². The number of hydrogen-bond donors (Lipinski definition) is 1. The number of alkyl halides is 3. The number of nitrogens with one attached hydrogen (secondary N) is 1. The van der Waals surface area contributed by atoms with E-state index in [0.717, 1.165) is 18.5 Å². The van der Waals surface area contributed by atoms with Gasteiger partial charge in [0.05, 0.1) is 22.9 Å². The number of aromatic nitrogens is 2. The van der Waals surface area contributed by atoms with Crippen LogP contribution in [-0.2, 0) is 4.79 Å². The topological polar surface area (TPSA) is 67.2 Å². The SMILES string of the molecule is Cc1ccn(-c2cc(NC(=O)C3CC3)ccc2C(=O)N2CCC(C(F)(F)F)CC2)n1. The smallest absolute Gasteiger partial charge is 0.339 e. The van der Waals surface area contributed by atoms with E-state index < -0.39 is 12.1 Å². The summed E-state index contributed by atoms with van der Waals surface area (Å²) in [5, 5.41) is 7.22. The molecule has 2 amide bonds. The Balaban J connectivity index is 1.58. The van der Waals surface area contributed by atoms with Crippen LogP contribution in [0.15, 0.2) is 30.5 Å². The summed E-state index contributed by atoms with van der Waals surface area (Å²) in [5.41, 5.74) is 2.14. The van der Waals surface area contributed by atoms with E-state index in [1.54, 1.807) is 35.1 Å². The van der Waals surface area contributed by atoms with Crippen LogP contribution in [0.25, 0.3) is 5.69 Å². The van der Waals surface area contributed by atoms with Gasteiger partial charge in [0.25, 0.3) is 5.91 Å². The number of rotatable bonds is 4. The van der Waals surface area contributed by atoms with Gasteiger partial charge in [-0.1, -0.05) is 0 Å². The Morgan fingerprint density at radius 2 is 1.80 bits per heavy atom. The predicted molar refractivity (Wildman–Crippen MR) is 104 cm³/mol. The number of anilines is 1. The molecule has 1 aromatic heterocycles. The molecule has 1 saturated heterocycles. The van der Waals surface area contributed by atoms with E-state index in [1.807, 2.05) is 6.92 Å². The van der Waals surface area contributed by atoms with Crippen LogP contribution < -0.4 is 5.32 Å². The molecule has 0 spiro atoms. The predicted octanol–water partition coefficient (Wildman–Crippen LogP) is 3.94. The molecule has 1 saturated carbocycles. The van der Waals surface area contributed by atoms with Crippen molar-refractivity contribution >= 4 is 17.5 Å². The first-order valence-corrected chi connectivity index (χ1v) is 10.1. The highest BCUT2D eigenvalue weighted by atomic mass is 19.4. The van der Waals surface area contributed by atoms with Crippen LogP contribution in [0.1, 0.15) is 41.7 Å². The minimum Gasteiger partial charge on any atom is -0.339 e. The summed E-state index contributed by atoms with van der Waals surface area (Å²) in [6, 6.07) is 6.73. The molecule has 0 radical (unpaired) electrons. The second kappa shape index (κ2) is 7.77. The largest absolute Gasteiger partial charge is 0.391 e. The van der Waals surface area contributed by atoms with E-state index in [1.165, 1.54) is 4.90 Å². The molecule has 1 aliphatic heterocycles. The lowest BCUT2D eigenvalue weighted by Gasteiger charge is -2.33. The minimum absolute atomic E-state index is 0.0386. The highest BCUT2D eigenvalue weighted by molar-refractivity contribution is 6.00. The van der Waals surface area contributed by atoms with E-state index in [2.05, 4.69) is 10.4 Å². The molecule has 4 rings (SSSR count). The van der Waals surface area contributed by atoms with Crippen molar-refractivity contribution in [3.8, 4) is 5.69 Å². The molecule has 0 unspecified atom stereocenters. The molecule has 160 valence electrons. The molecule has 2 aliphatic rings. The number of hydrogen-bond acceptors (Lipinski definition) is 3. The minimum atomic E-state index is -4.23. The molecule has 6 nitrogen and oxygen atoms in total. The first-order chi connectivity index (χ1) is 14.2. The Kier molecular flexibility index (Phi) is 5.29. The number of halogens is 3. The summed E-state index contributed by atoms with van der Waals surface area (Å²) in [7, 11) is 0. The zero-order valence-corrected chi connectivity index (χ0v) is 16.6. The van der Waals surface area contributed by atoms with Crippen LogP contribution in [-0.4, -0.2) is 45.8 Å². The average molecular weight is 420 g/mol. The van der Waals surface area contributed by atoms with Crippen molar-refractivity contribution in [1.82, 2.24) is 14.7 Å². The first kappa shape index (κ1) is 20.4. The fraction of sp³-hybridized carbons (Fsp3) is 0.476. The maximum absolute atomic E-state index is 13.1. The normalized spacial score (nSPS) is 17.8. The number of nitrogens with zero attached hydrogens (tertiary/aromatic N) is 3. The van der Waals surface area contributed by atoms with E-state index in [4.69, 9.17) is 0 Å². The molecule has 0 atom stereocenters. The zero-order valence-electron chi connectivity index (χ0n) is 16.6. The molecule has 0 bridgehead atoms. The van der Waals surface area contributed by atoms with Gasteiger partial charge in [-0.25, -0.2) is 4.68 Å². The summed E-state index contributed by atoms with van der Waals surface area (Å²) in [5.74, 6) is -1.71. The first-order valence-electron chi connectivity index (χ1n) is 10.1. The lowest BCUT2D eigenvalue weighted by Crippen LogP contribution is -2.42. The van der Waals surface area contributed by atoms with Gasteiger partial charge in [0.2, 0.25) is 5.91 Å². The van der Waals surface area contributed by atoms with Gasteiger partial charge in [-0.15, -0.1) is 0 Å². The number of benzene rings is 1. The maximum atomic E-state index is 13.1. The van der Waals surface area contributed by atoms with Crippen molar-refractivity contribution in [2.75, 3.05) is 18.4 Å². The Morgan fingerprint density at radius 1 is 1.10 bits per heavy atom. The number of amides is 2. The second-order valence-electron chi connectivity index (χ2n) is 8.01. The van der Waals surface area contributed by atoms with Crippen molar-refractivity contribution in [2.24, 2.45) is 11.8 Å². The summed E-state index contributed by atoms with van der Waals surface area (Å²) >= 11 is 0. The van der Waals surface area contributed by atoms with Crippen molar-refractivity contribution in [3.05, 3.63) is 41.7 Å². The van der Waals surface area contributed by atoms with Crippen LogP contribution in [0.2, 0.25) is 0 Å². The van der Waals surface area contributed by atoms with Crippen molar-refractivity contribution in [3.63, 3.8) is 0 Å². The summed E-state index contributed by atoms with van der Waals surface area (Å²) in [6.45, 7) is 1.93. The van der Waals surface area contributed by atoms with E-state index in [0.29, 0.717) is 16.9 Å². The molecule has 1 N–H and O–H groups in total. The van der Waals surface area contributed by atoms with Gasteiger partial charge in [-0.3, -0.25) is 9.59 Å². The highest BCUT2D eigenvalue weighted by Crippen LogP contribution is 2.35. The quantitative estimate of drug-likeness (QED) is 0.815. The molecule has 1 aromatic carbocycles. The van der Waals surface area contributed by atoms with Crippen LogP contribution in [0, 0.1) is 18.8 Å². The van der Waals surface area contributed by atoms with E-state index in [9.17, 15) is 22.8 Å². The number of piperidine rings is 1. The Morgan fingerprint density at radius 3 is 2.37 bits per heavy atom. The molecular formula is C21H23F3N4O2. The van der Waals surface area contributed by atoms with Gasteiger partial charge in [-0.05, 0) is 56.9 Å². The van der Waals surface area contributed by atoms with Gasteiger partial charge in [0, 0.05) is 30.9 Å². The van der Waals surface area contributed by atoms with Gasteiger partial charge in [0.15, 0.2) is 0 Å². The molecule has 2 aromatic rings. The highest BCUT2D eigenvalue weighted by Gasteiger charge is 2.42. The Labute approximate surface area is 172 Å². The molecule has 1 aliphatic carbocycles. The molecular weight excluding hydrogens is 397 g/mol. The summed E-state index contributed by atoms with van der Waals surface area (Å²) in [4.78, 5) is 26.7. The maximum Gasteiger partial charge on any atom is 0.391 e. The second-order valence-corrected chi connectivity index (χ2v) is 8.01. The summed E-state index contributed by atoms with van der Waals surface area (Å²) < 4.78 is 40.4. The lowest BCUT2D eigenvalue weighted by molar-refractivity contribution is -0.183. The average Bonchev–Trinajstić information content (AvgIpc) is 3.48. The van der Waals surface area contributed by atoms with Crippen LogP contribution >= 0.6 is 0 Å². The van der Waals surface area contributed by atoms with Crippen LogP contribution in [0.5, 0.6) is 0 Å². The molecule has 9 heteroatoms. The number of likely N-dealkylation sites (tertiary alicyclic amines) is 1. The molecule has 2 fully saturated rings. The number of carbonyl (C=O) groups is 2. The van der Waals surface area contributed by atoms with Crippen molar-refractivity contribution in [1.29, 1.82) is 0 Å². The lowest BCUT2D eigenvalue weighted by atomic mass is 9.95. The van der Waals surface area contributed by atoms with Gasteiger partial charge < -0.3 is 10.2 Å². The third-order valence-electron chi connectivity index (χ3n) is 5.66. The van der Waals surface area contributed by atoms with Gasteiger partial charge in [0.1, 0.15) is 0 Å². The fourth-order valence-electron chi connectivity index (χ4n) is 3.70. The third-order valence-corrected chi connectivity index (χ3v) is 5.66. The van der Waals surface area contributed by atoms with E-state index >= 15 is 0 Å². The number of carbonyl (C=O) groups excluding carboxylic acids is 2. The van der Waals surface area contributed by atoms with Gasteiger partial charge >= 0.3 is 6.18 Å². The monoisotopic (exact) mass is 420 g/mol. The summed E-state index contributed by atoms with van der Waals surface area (Å²) in [6.07, 6.45) is -0.955. The van der Waals surface area contributed by atoms with Crippen molar-refractivity contribution in [2.45, 2.75) is 38.8 Å². The third kappa shape index (κ3) is 4.34. The van der Waals surface area contributed by atoms with Crippen LogP contribution in [0.3, 0.4) is 0 Å². The van der Waals surface area contributed by atoms with Gasteiger partial charge in [-0.2, -0.15) is 18.3 Å². The van der Waals surface area contributed by atoms with Crippen molar-refractivity contribution < 1.29 is 22.8 Å². The molecule has 2 heterocycles. The number of aryl methyl sites for hydroxylation is 1.